The Balaban J connectivity index is 2.00. The lowest BCUT2D eigenvalue weighted by Crippen LogP contribution is -2.29. The highest BCUT2D eigenvalue weighted by molar-refractivity contribution is 6.51. The van der Waals surface area contributed by atoms with Gasteiger partial charge in [-0.3, -0.25) is 14.5 Å². The van der Waals surface area contributed by atoms with Gasteiger partial charge in [0.15, 0.2) is 0 Å². The second-order valence-corrected chi connectivity index (χ2v) is 8.14. The van der Waals surface area contributed by atoms with Crippen LogP contribution in [0.3, 0.4) is 0 Å². The quantitative estimate of drug-likeness (QED) is 0.332. The van der Waals surface area contributed by atoms with E-state index in [0.717, 1.165) is 11.1 Å². The van der Waals surface area contributed by atoms with Crippen molar-refractivity contribution in [1.29, 1.82) is 0 Å². The molecule has 3 aromatic rings. The maximum atomic E-state index is 14.0. The first-order valence-corrected chi connectivity index (χ1v) is 10.5. The molecule has 1 amide bonds. The van der Waals surface area contributed by atoms with Gasteiger partial charge in [-0.2, -0.15) is 0 Å². The van der Waals surface area contributed by atoms with Gasteiger partial charge in [0.05, 0.1) is 18.7 Å². The summed E-state index contributed by atoms with van der Waals surface area (Å²) in [6, 6.07) is 15.4. The van der Waals surface area contributed by atoms with E-state index in [9.17, 15) is 19.1 Å². The van der Waals surface area contributed by atoms with Crippen LogP contribution in [0.25, 0.3) is 5.76 Å². The molecular weight excluding hydrogens is 421 g/mol. The highest BCUT2D eigenvalue weighted by atomic mass is 19.1. The molecule has 1 aliphatic rings. The van der Waals surface area contributed by atoms with E-state index in [-0.39, 0.29) is 17.0 Å². The van der Waals surface area contributed by atoms with Gasteiger partial charge in [0.25, 0.3) is 11.7 Å². The number of rotatable bonds is 4. The Morgan fingerprint density at radius 2 is 1.67 bits per heavy atom. The summed E-state index contributed by atoms with van der Waals surface area (Å²) in [7, 11) is 1.56. The van der Waals surface area contributed by atoms with E-state index >= 15 is 0 Å². The van der Waals surface area contributed by atoms with Crippen LogP contribution in [-0.4, -0.2) is 23.9 Å². The minimum absolute atomic E-state index is 0.0359. The van der Waals surface area contributed by atoms with Gasteiger partial charge in [0.2, 0.25) is 0 Å². The molecule has 33 heavy (non-hydrogen) atoms. The van der Waals surface area contributed by atoms with Crippen LogP contribution in [-0.2, 0) is 9.59 Å². The zero-order chi connectivity index (χ0) is 23.9. The number of anilines is 1. The number of hydrogen-bond donors (Lipinski definition) is 1. The summed E-state index contributed by atoms with van der Waals surface area (Å²) in [4.78, 5) is 27.7. The van der Waals surface area contributed by atoms with Crippen molar-refractivity contribution in [2.45, 2.75) is 26.8 Å². The van der Waals surface area contributed by atoms with Gasteiger partial charge < -0.3 is 9.84 Å². The molecule has 0 saturated carbocycles. The van der Waals surface area contributed by atoms with Crippen LogP contribution < -0.4 is 9.64 Å². The number of ether oxygens (including phenoxy) is 1. The fourth-order valence-electron chi connectivity index (χ4n) is 4.32. The number of amides is 1. The number of aryl methyl sites for hydroxylation is 3. The third-order valence-corrected chi connectivity index (χ3v) is 6.01. The van der Waals surface area contributed by atoms with Crippen molar-refractivity contribution in [1.82, 2.24) is 0 Å². The summed E-state index contributed by atoms with van der Waals surface area (Å²) in [6.07, 6.45) is 0. The van der Waals surface area contributed by atoms with E-state index < -0.39 is 23.5 Å². The van der Waals surface area contributed by atoms with E-state index in [4.69, 9.17) is 4.74 Å². The first kappa shape index (κ1) is 22.3. The molecule has 1 heterocycles. The Morgan fingerprint density at radius 1 is 0.939 bits per heavy atom. The minimum Gasteiger partial charge on any atom is -0.507 e. The van der Waals surface area contributed by atoms with Crippen LogP contribution >= 0.6 is 0 Å². The van der Waals surface area contributed by atoms with Crippen LogP contribution in [0.5, 0.6) is 5.75 Å². The molecule has 1 atom stereocenters. The molecule has 1 N–H and O–H groups in total. The van der Waals surface area contributed by atoms with Gasteiger partial charge in [-0.25, -0.2) is 4.39 Å². The van der Waals surface area contributed by atoms with Crippen molar-refractivity contribution in [3.63, 3.8) is 0 Å². The van der Waals surface area contributed by atoms with E-state index in [2.05, 4.69) is 0 Å². The smallest absolute Gasteiger partial charge is 0.300 e. The van der Waals surface area contributed by atoms with Crippen molar-refractivity contribution in [2.24, 2.45) is 0 Å². The van der Waals surface area contributed by atoms with Crippen molar-refractivity contribution in [2.75, 3.05) is 12.0 Å². The molecule has 0 bridgehead atoms. The molecule has 1 aliphatic heterocycles. The largest absolute Gasteiger partial charge is 0.507 e. The molecule has 1 fully saturated rings. The standard InChI is InChI=1S/C27H24FNO4/c1-15-8-5-6-11-20(15)24-23(25(30)21-12-17(3)22(33-4)13-16(21)2)26(31)27(32)29(24)19-10-7-9-18(28)14-19/h5-14,24,30H,1-4H3/b25-23+. The predicted octanol–water partition coefficient (Wildman–Crippen LogP) is 5.39. The second-order valence-electron chi connectivity index (χ2n) is 8.14. The number of halogens is 1. The van der Waals surface area contributed by atoms with Crippen LogP contribution in [0, 0.1) is 26.6 Å². The van der Waals surface area contributed by atoms with E-state index in [1.807, 2.05) is 26.0 Å². The number of ketones is 1. The van der Waals surface area contributed by atoms with Gasteiger partial charge in [-0.05, 0) is 73.4 Å². The van der Waals surface area contributed by atoms with Gasteiger partial charge >= 0.3 is 0 Å². The third-order valence-electron chi connectivity index (χ3n) is 6.01. The lowest BCUT2D eigenvalue weighted by Gasteiger charge is -2.26. The number of carbonyl (C=O) groups is 2. The molecule has 168 valence electrons. The first-order valence-electron chi connectivity index (χ1n) is 10.5. The van der Waals surface area contributed by atoms with Gasteiger partial charge in [-0.1, -0.05) is 30.3 Å². The molecule has 0 aromatic heterocycles. The van der Waals surface area contributed by atoms with Crippen molar-refractivity contribution < 1.29 is 23.8 Å². The molecular formula is C27H24FNO4. The second kappa shape index (κ2) is 8.54. The lowest BCUT2D eigenvalue weighted by molar-refractivity contribution is -0.132. The zero-order valence-corrected chi connectivity index (χ0v) is 18.8. The SMILES string of the molecule is COc1cc(C)c(/C(O)=C2\C(=O)C(=O)N(c3cccc(F)c3)C2c2ccccc2C)cc1C. The number of methoxy groups -OCH3 is 1. The molecule has 4 rings (SSSR count). The summed E-state index contributed by atoms with van der Waals surface area (Å²) < 4.78 is 19.4. The number of aliphatic hydroxyl groups excluding tert-OH is 1. The predicted molar refractivity (Wildman–Crippen MR) is 125 cm³/mol. The fraction of sp³-hybridized carbons (Fsp3) is 0.185. The first-order chi connectivity index (χ1) is 15.7. The number of aliphatic hydroxyl groups is 1. The summed E-state index contributed by atoms with van der Waals surface area (Å²) in [5.74, 6) is -1.79. The average molecular weight is 445 g/mol. The summed E-state index contributed by atoms with van der Waals surface area (Å²) >= 11 is 0. The average Bonchev–Trinajstić information content (AvgIpc) is 3.05. The van der Waals surface area contributed by atoms with Crippen LogP contribution in [0.4, 0.5) is 10.1 Å². The summed E-state index contributed by atoms with van der Waals surface area (Å²) in [5, 5.41) is 11.4. The monoisotopic (exact) mass is 445 g/mol. The lowest BCUT2D eigenvalue weighted by atomic mass is 9.91. The van der Waals surface area contributed by atoms with E-state index in [0.29, 0.717) is 22.4 Å². The van der Waals surface area contributed by atoms with Crippen molar-refractivity contribution >= 4 is 23.1 Å². The van der Waals surface area contributed by atoms with Gasteiger partial charge in [-0.15, -0.1) is 0 Å². The zero-order valence-electron chi connectivity index (χ0n) is 18.8. The molecule has 0 aliphatic carbocycles. The number of Topliss-reactive ketones (excluding diaryl/α,β-unsaturated/α-hetero) is 1. The fourth-order valence-corrected chi connectivity index (χ4v) is 4.32. The maximum absolute atomic E-state index is 14.0. The molecule has 6 heteroatoms. The van der Waals surface area contributed by atoms with Crippen LogP contribution in [0.15, 0.2) is 66.2 Å². The Bertz CT molecular complexity index is 1310. The minimum atomic E-state index is -0.908. The van der Waals surface area contributed by atoms with Crippen LogP contribution in [0.1, 0.15) is 33.9 Å². The van der Waals surface area contributed by atoms with Gasteiger partial charge in [0.1, 0.15) is 17.3 Å². The highest BCUT2D eigenvalue weighted by Gasteiger charge is 2.47. The van der Waals surface area contributed by atoms with Crippen molar-refractivity contribution in [3.8, 4) is 5.75 Å². The normalized spacial score (nSPS) is 17.5. The van der Waals surface area contributed by atoms with Crippen LogP contribution in [0.2, 0.25) is 0 Å². The number of benzene rings is 3. The van der Waals surface area contributed by atoms with E-state index in [1.54, 1.807) is 44.4 Å². The maximum Gasteiger partial charge on any atom is 0.300 e. The topological polar surface area (TPSA) is 66.8 Å². The van der Waals surface area contributed by atoms with E-state index in [1.165, 1.54) is 23.1 Å². The third kappa shape index (κ3) is 3.78. The molecule has 1 unspecified atom stereocenters. The molecule has 0 spiro atoms. The van der Waals surface area contributed by atoms with Crippen molar-refractivity contribution in [3.05, 3.63) is 99.9 Å². The number of hydrogen-bond acceptors (Lipinski definition) is 4. The highest BCUT2D eigenvalue weighted by Crippen LogP contribution is 2.43. The molecule has 5 nitrogen and oxygen atoms in total. The Labute approximate surface area is 191 Å². The van der Waals surface area contributed by atoms with Gasteiger partial charge in [0, 0.05) is 11.3 Å². The molecule has 1 saturated heterocycles. The Hall–Kier alpha value is -3.93. The Kier molecular flexibility index (Phi) is 5.77. The molecule has 0 radical (unpaired) electrons. The molecule has 3 aromatic carbocycles. The number of nitrogens with zero attached hydrogens (tertiary/aromatic N) is 1. The Morgan fingerprint density at radius 3 is 2.33 bits per heavy atom. The summed E-state index contributed by atoms with van der Waals surface area (Å²) in [6.45, 7) is 5.49. The summed E-state index contributed by atoms with van der Waals surface area (Å²) in [5.41, 5.74) is 3.61. The number of carbonyl (C=O) groups excluding carboxylic acids is 2.